The highest BCUT2D eigenvalue weighted by atomic mass is 16.9. The molecule has 16 heteroatoms. The molecule has 2 heterocycles. The van der Waals surface area contributed by atoms with E-state index < -0.39 is 45.5 Å². The lowest BCUT2D eigenvalue weighted by Crippen LogP contribution is -2.67. The Labute approximate surface area is 370 Å². The van der Waals surface area contributed by atoms with Crippen molar-refractivity contribution >= 4 is 23.6 Å². The number of carboxylic acid groups (broad SMARTS) is 1. The minimum absolute atomic E-state index is 0.0297. The standard InChI is InChI=1S/C47H64N4O12/c1-45(2,3)47(32-46(4,5)43(53)48(6)42(52)37-17-12-34(13-18-37)31-63-51(56)57)27-38(36-15-10-33(11-16-36)29-60-25-24-59-8)41(28-50(47)44(54)55)62-30-35-14-19-40-39(26-35)49(21-23-61-40)20-9-22-58-7/h10-19,26,38,41H,9,20-25,27-32H2,1-8H3,(H,54,55)/t38-,41+,47-/m1/s1. The van der Waals surface area contributed by atoms with Crippen molar-refractivity contribution in [3.63, 3.8) is 0 Å². The van der Waals surface area contributed by atoms with Gasteiger partial charge in [-0.25, -0.2) is 4.79 Å². The van der Waals surface area contributed by atoms with Crippen LogP contribution in [0.2, 0.25) is 0 Å². The second-order valence-electron chi connectivity index (χ2n) is 18.0. The van der Waals surface area contributed by atoms with Crippen molar-refractivity contribution in [3.05, 3.63) is 105 Å². The van der Waals surface area contributed by atoms with Crippen LogP contribution in [-0.4, -0.2) is 117 Å². The number of nitrogens with zero attached hydrogens (tertiary/aromatic N) is 4. The first-order valence-corrected chi connectivity index (χ1v) is 21.4. The summed E-state index contributed by atoms with van der Waals surface area (Å²) in [5.41, 5.74) is 1.49. The van der Waals surface area contributed by atoms with Gasteiger partial charge < -0.3 is 38.5 Å². The summed E-state index contributed by atoms with van der Waals surface area (Å²) in [7, 11) is 4.73. The fraction of sp³-hybridized carbons (Fsp3) is 0.553. The molecule has 0 saturated carbocycles. The Morgan fingerprint density at radius 2 is 1.56 bits per heavy atom. The van der Waals surface area contributed by atoms with Gasteiger partial charge in [-0.2, -0.15) is 0 Å². The van der Waals surface area contributed by atoms with E-state index in [1.54, 1.807) is 28.1 Å². The van der Waals surface area contributed by atoms with Crippen LogP contribution in [0, 0.1) is 20.9 Å². The normalized spacial score (nSPS) is 18.9. The molecule has 0 aliphatic carbocycles. The summed E-state index contributed by atoms with van der Waals surface area (Å²) in [5.74, 6) is -0.540. The summed E-state index contributed by atoms with van der Waals surface area (Å²) >= 11 is 0. The molecule has 344 valence electrons. The van der Waals surface area contributed by atoms with Gasteiger partial charge in [0.15, 0.2) is 0 Å². The van der Waals surface area contributed by atoms with Crippen molar-refractivity contribution < 1.29 is 53.1 Å². The van der Waals surface area contributed by atoms with Crippen molar-refractivity contribution in [1.82, 2.24) is 9.80 Å². The van der Waals surface area contributed by atoms with Crippen LogP contribution in [0.3, 0.4) is 0 Å². The fourth-order valence-corrected chi connectivity index (χ4v) is 8.85. The minimum Gasteiger partial charge on any atom is -0.490 e. The summed E-state index contributed by atoms with van der Waals surface area (Å²) in [6, 6.07) is 20.2. The van der Waals surface area contributed by atoms with Gasteiger partial charge in [-0.3, -0.25) is 19.4 Å². The molecule has 2 aliphatic rings. The number of amides is 3. The number of benzene rings is 3. The number of imide groups is 1. The Balaban J connectivity index is 1.46. The van der Waals surface area contributed by atoms with Gasteiger partial charge >= 0.3 is 6.09 Å². The Morgan fingerprint density at radius 1 is 0.905 bits per heavy atom. The highest BCUT2D eigenvalue weighted by Gasteiger charge is 2.58. The average molecular weight is 877 g/mol. The maximum absolute atomic E-state index is 14.5. The average Bonchev–Trinajstić information content (AvgIpc) is 3.25. The molecule has 63 heavy (non-hydrogen) atoms. The number of hydrogen-bond acceptors (Lipinski definition) is 12. The number of carbonyl (C=O) groups excluding carboxylic acids is 2. The van der Waals surface area contributed by atoms with Crippen LogP contribution in [0.4, 0.5) is 10.5 Å². The molecule has 3 amide bonds. The van der Waals surface area contributed by atoms with Crippen molar-refractivity contribution in [3.8, 4) is 5.75 Å². The van der Waals surface area contributed by atoms with Gasteiger partial charge in [-0.05, 0) is 71.2 Å². The third-order valence-corrected chi connectivity index (χ3v) is 12.3. The van der Waals surface area contributed by atoms with Crippen LogP contribution in [-0.2, 0) is 48.4 Å². The second-order valence-corrected chi connectivity index (χ2v) is 18.0. The van der Waals surface area contributed by atoms with Gasteiger partial charge in [-0.15, -0.1) is 10.1 Å². The van der Waals surface area contributed by atoms with Crippen molar-refractivity contribution in [2.45, 2.75) is 91.3 Å². The third kappa shape index (κ3) is 12.0. The van der Waals surface area contributed by atoms with Crippen molar-refractivity contribution in [2.75, 3.05) is 72.2 Å². The van der Waals surface area contributed by atoms with Crippen molar-refractivity contribution in [2.24, 2.45) is 10.8 Å². The monoisotopic (exact) mass is 876 g/mol. The highest BCUT2D eigenvalue weighted by molar-refractivity contribution is 6.05. The van der Waals surface area contributed by atoms with Gasteiger partial charge in [0, 0.05) is 51.3 Å². The summed E-state index contributed by atoms with van der Waals surface area (Å²) in [4.78, 5) is 61.7. The highest BCUT2D eigenvalue weighted by Crippen LogP contribution is 2.53. The van der Waals surface area contributed by atoms with E-state index in [0.29, 0.717) is 45.0 Å². The molecule has 1 N–H and O–H groups in total. The maximum Gasteiger partial charge on any atom is 0.407 e. The molecule has 0 unspecified atom stereocenters. The van der Waals surface area contributed by atoms with Gasteiger partial charge in [0.2, 0.25) is 5.91 Å². The van der Waals surface area contributed by atoms with E-state index in [1.807, 2.05) is 57.2 Å². The molecule has 0 bridgehead atoms. The van der Waals surface area contributed by atoms with Crippen LogP contribution in [0.15, 0.2) is 66.7 Å². The second kappa shape index (κ2) is 21.4. The number of rotatable bonds is 20. The van der Waals surface area contributed by atoms with Gasteiger partial charge in [0.1, 0.15) is 19.0 Å². The van der Waals surface area contributed by atoms with Gasteiger partial charge in [-0.1, -0.05) is 77.1 Å². The molecule has 5 rings (SSSR count). The summed E-state index contributed by atoms with van der Waals surface area (Å²) in [6.45, 7) is 13.6. The number of anilines is 1. The first kappa shape index (κ1) is 48.7. The summed E-state index contributed by atoms with van der Waals surface area (Å²) in [5, 5.41) is 20.9. The predicted molar refractivity (Wildman–Crippen MR) is 235 cm³/mol. The molecular weight excluding hydrogens is 813 g/mol. The molecule has 0 spiro atoms. The summed E-state index contributed by atoms with van der Waals surface area (Å²) < 4.78 is 29.0. The zero-order chi connectivity index (χ0) is 46.0. The molecule has 0 radical (unpaired) electrons. The molecule has 3 atom stereocenters. The smallest absolute Gasteiger partial charge is 0.407 e. The van der Waals surface area contributed by atoms with Gasteiger partial charge in [0.25, 0.3) is 11.0 Å². The predicted octanol–water partition coefficient (Wildman–Crippen LogP) is 7.35. The zero-order valence-corrected chi connectivity index (χ0v) is 37.9. The minimum atomic E-state index is -1.23. The number of likely N-dealkylation sites (tertiary alicyclic amines) is 1. The third-order valence-electron chi connectivity index (χ3n) is 12.3. The Morgan fingerprint density at radius 3 is 2.19 bits per heavy atom. The Hall–Kier alpha value is -5.29. The lowest BCUT2D eigenvalue weighted by molar-refractivity contribution is -0.763. The van der Waals surface area contributed by atoms with E-state index >= 15 is 0 Å². The van der Waals surface area contributed by atoms with E-state index in [2.05, 4.69) is 15.8 Å². The van der Waals surface area contributed by atoms with E-state index in [4.69, 9.17) is 23.7 Å². The number of piperidine rings is 1. The molecule has 1 saturated heterocycles. The SMILES string of the molecule is COCCCN1CCOc2ccc(CO[C@H]3CN(C(=O)O)[C@](CC(C)(C)C(=O)N(C)C(=O)c4ccc(CO[N+](=O)[O-])cc4)(C(C)(C)C)C[C@@H]3c3ccc(COCCOC)cc3)cc21. The van der Waals surface area contributed by atoms with Crippen LogP contribution in [0.25, 0.3) is 0 Å². The molecular formula is C47H64N4O12. The Kier molecular flexibility index (Phi) is 16.5. The van der Waals surface area contributed by atoms with Crippen molar-refractivity contribution in [1.29, 1.82) is 0 Å². The molecule has 2 aliphatic heterocycles. The number of methoxy groups -OCH3 is 2. The Bertz CT molecular complexity index is 2020. The van der Waals surface area contributed by atoms with Gasteiger partial charge in [0.05, 0.1) is 56.8 Å². The van der Waals surface area contributed by atoms with Crippen LogP contribution in [0.1, 0.15) is 92.4 Å². The van der Waals surface area contributed by atoms with E-state index in [9.17, 15) is 29.6 Å². The molecule has 1 fully saturated rings. The maximum atomic E-state index is 14.5. The van der Waals surface area contributed by atoms with Crippen LogP contribution in [0.5, 0.6) is 5.75 Å². The lowest BCUT2D eigenvalue weighted by atomic mass is 9.58. The van der Waals surface area contributed by atoms with E-state index in [-0.39, 0.29) is 37.7 Å². The lowest BCUT2D eigenvalue weighted by Gasteiger charge is -2.59. The number of hydrogen-bond donors (Lipinski definition) is 1. The topological polar surface area (TPSA) is 180 Å². The summed E-state index contributed by atoms with van der Waals surface area (Å²) in [6.07, 6.45) is -0.404. The molecule has 3 aromatic carbocycles. The number of carbonyl (C=O) groups is 3. The number of fused-ring (bicyclic) bond motifs is 1. The number of ether oxygens (including phenoxy) is 5. The zero-order valence-electron chi connectivity index (χ0n) is 37.9. The molecule has 3 aromatic rings. The van der Waals surface area contributed by atoms with E-state index in [1.165, 1.54) is 36.2 Å². The van der Waals surface area contributed by atoms with E-state index in [0.717, 1.165) is 52.5 Å². The molecule has 0 aromatic heterocycles. The first-order chi connectivity index (χ1) is 29.9. The fourth-order valence-electron chi connectivity index (χ4n) is 8.85. The van der Waals surface area contributed by atoms with Crippen LogP contribution < -0.4 is 9.64 Å². The first-order valence-electron chi connectivity index (χ1n) is 21.4. The molecule has 16 nitrogen and oxygen atoms in total. The largest absolute Gasteiger partial charge is 0.490 e. The van der Waals surface area contributed by atoms with Crippen LogP contribution >= 0.6 is 0 Å². The quantitative estimate of drug-likeness (QED) is 0.0677.